The third-order valence-electron chi connectivity index (χ3n) is 5.71. The van der Waals surface area contributed by atoms with Gasteiger partial charge >= 0.3 is 0 Å². The molecule has 2 aliphatic heterocycles. The van der Waals surface area contributed by atoms with Crippen LogP contribution in [0.2, 0.25) is 0 Å². The first-order valence-corrected chi connectivity index (χ1v) is 11.0. The van der Waals surface area contributed by atoms with Gasteiger partial charge in [-0.3, -0.25) is 14.6 Å². The van der Waals surface area contributed by atoms with E-state index < -0.39 is 0 Å². The molecule has 1 aromatic heterocycles. The molecule has 7 heteroatoms. The summed E-state index contributed by atoms with van der Waals surface area (Å²) in [5, 5.41) is 1.59. The smallest absolute Gasteiger partial charge is 0.298 e. The van der Waals surface area contributed by atoms with E-state index in [0.29, 0.717) is 11.4 Å². The van der Waals surface area contributed by atoms with Crippen molar-refractivity contribution in [3.63, 3.8) is 0 Å². The van der Waals surface area contributed by atoms with Crippen molar-refractivity contribution in [1.82, 2.24) is 4.98 Å². The van der Waals surface area contributed by atoms with Gasteiger partial charge in [-0.05, 0) is 81.7 Å². The molecule has 2 amide bonds. The van der Waals surface area contributed by atoms with Crippen LogP contribution in [-0.4, -0.2) is 22.9 Å². The number of pyridine rings is 1. The number of thioether (sulfide) groups is 1. The van der Waals surface area contributed by atoms with Crippen LogP contribution in [-0.2, 0) is 4.79 Å². The lowest BCUT2D eigenvalue weighted by atomic mass is 9.96. The summed E-state index contributed by atoms with van der Waals surface area (Å²) in [6.07, 6.45) is 3.50. The number of fused-ring (bicyclic) bond motifs is 2. The van der Waals surface area contributed by atoms with Crippen LogP contribution in [0.3, 0.4) is 0 Å². The molecule has 33 heavy (non-hydrogen) atoms. The van der Waals surface area contributed by atoms with E-state index in [1.165, 1.54) is 4.90 Å². The number of hydrogen-bond donors (Lipinski definition) is 0. The van der Waals surface area contributed by atoms with E-state index in [0.717, 1.165) is 50.5 Å². The minimum absolute atomic E-state index is 0.190. The number of anilines is 1. The van der Waals surface area contributed by atoms with Gasteiger partial charge in [-0.2, -0.15) is 0 Å². The molecule has 3 aromatic carbocycles. The molecular formula is C26H16N2O4S. The standard InChI is InChI=1S/C26H16N2O4S/c1-15-25(29)28(26(30)33-15)21-5-4-17-10-18(2-3-19(17)11-21)20-12-22(16-6-8-27-9-7-16)24-23(13-20)31-14-32-24/h2-13H,1,14H2. The molecule has 160 valence electrons. The maximum atomic E-state index is 12.3. The number of imide groups is 1. The summed E-state index contributed by atoms with van der Waals surface area (Å²) in [5.74, 6) is 1.07. The topological polar surface area (TPSA) is 68.7 Å². The second kappa shape index (κ2) is 7.50. The van der Waals surface area contributed by atoms with E-state index >= 15 is 0 Å². The predicted octanol–water partition coefficient (Wildman–Crippen LogP) is 6.01. The molecule has 0 saturated carbocycles. The highest BCUT2D eigenvalue weighted by atomic mass is 32.2. The summed E-state index contributed by atoms with van der Waals surface area (Å²) in [6.45, 7) is 3.84. The Hall–Kier alpha value is -4.10. The van der Waals surface area contributed by atoms with Gasteiger partial charge in [0.25, 0.3) is 11.1 Å². The monoisotopic (exact) mass is 452 g/mol. The van der Waals surface area contributed by atoms with Gasteiger partial charge < -0.3 is 9.47 Å². The van der Waals surface area contributed by atoms with Crippen LogP contribution in [0.15, 0.2) is 84.5 Å². The lowest BCUT2D eigenvalue weighted by Gasteiger charge is -2.14. The number of ether oxygens (including phenoxy) is 2. The number of amides is 2. The fourth-order valence-corrected chi connectivity index (χ4v) is 4.77. The number of aromatic nitrogens is 1. The molecule has 0 unspecified atom stereocenters. The van der Waals surface area contributed by atoms with Crippen LogP contribution in [0.25, 0.3) is 33.0 Å². The number of rotatable bonds is 3. The van der Waals surface area contributed by atoms with E-state index in [4.69, 9.17) is 9.47 Å². The molecule has 1 fully saturated rings. The second-order valence-corrected chi connectivity index (χ2v) is 8.72. The van der Waals surface area contributed by atoms with E-state index in [-0.39, 0.29) is 22.8 Å². The highest BCUT2D eigenvalue weighted by molar-refractivity contribution is 8.18. The number of benzene rings is 3. The van der Waals surface area contributed by atoms with E-state index in [2.05, 4.69) is 23.7 Å². The maximum absolute atomic E-state index is 12.3. The van der Waals surface area contributed by atoms with Crippen LogP contribution in [0.1, 0.15) is 0 Å². The van der Waals surface area contributed by atoms with Gasteiger partial charge in [-0.15, -0.1) is 0 Å². The van der Waals surface area contributed by atoms with Crippen molar-refractivity contribution in [2.45, 2.75) is 0 Å². The summed E-state index contributed by atoms with van der Waals surface area (Å²) in [5.41, 5.74) is 4.50. The fraction of sp³-hybridized carbons (Fsp3) is 0.0385. The van der Waals surface area contributed by atoms with Crippen molar-refractivity contribution in [3.05, 3.63) is 84.5 Å². The first-order valence-electron chi connectivity index (χ1n) is 10.2. The second-order valence-electron chi connectivity index (χ2n) is 7.67. The van der Waals surface area contributed by atoms with Crippen molar-refractivity contribution >= 4 is 39.4 Å². The number of carbonyl (C=O) groups excluding carboxylic acids is 2. The molecule has 0 bridgehead atoms. The molecule has 6 nitrogen and oxygen atoms in total. The van der Waals surface area contributed by atoms with Crippen molar-refractivity contribution in [1.29, 1.82) is 0 Å². The molecule has 0 radical (unpaired) electrons. The summed E-state index contributed by atoms with van der Waals surface area (Å²) in [4.78, 5) is 30.0. The highest BCUT2D eigenvalue weighted by Gasteiger charge is 2.35. The van der Waals surface area contributed by atoms with Crippen LogP contribution in [0.4, 0.5) is 10.5 Å². The lowest BCUT2D eigenvalue weighted by molar-refractivity contribution is -0.113. The van der Waals surface area contributed by atoms with Gasteiger partial charge in [-0.1, -0.05) is 24.8 Å². The molecule has 0 N–H and O–H groups in total. The van der Waals surface area contributed by atoms with E-state index in [1.54, 1.807) is 18.5 Å². The van der Waals surface area contributed by atoms with Gasteiger partial charge in [0.1, 0.15) is 0 Å². The summed E-state index contributed by atoms with van der Waals surface area (Å²) in [7, 11) is 0. The van der Waals surface area contributed by atoms with E-state index in [1.807, 2.05) is 42.5 Å². The third kappa shape index (κ3) is 3.25. The Bertz CT molecular complexity index is 1480. The third-order valence-corrected chi connectivity index (χ3v) is 6.49. The van der Waals surface area contributed by atoms with Gasteiger partial charge in [-0.25, -0.2) is 4.90 Å². The van der Waals surface area contributed by atoms with Crippen molar-refractivity contribution < 1.29 is 19.1 Å². The molecule has 1 saturated heterocycles. The summed E-state index contributed by atoms with van der Waals surface area (Å²) in [6, 6.07) is 19.6. The van der Waals surface area contributed by atoms with Crippen molar-refractivity contribution in [2.75, 3.05) is 11.7 Å². The average molecular weight is 452 g/mol. The Morgan fingerprint density at radius 1 is 0.848 bits per heavy atom. The van der Waals surface area contributed by atoms with Crippen LogP contribution in [0, 0.1) is 0 Å². The first kappa shape index (κ1) is 19.6. The Balaban J connectivity index is 1.42. The maximum Gasteiger partial charge on any atom is 0.298 e. The minimum atomic E-state index is -0.370. The number of hydrogen-bond acceptors (Lipinski definition) is 6. The fourth-order valence-electron chi connectivity index (χ4n) is 4.10. The zero-order chi connectivity index (χ0) is 22.5. The van der Waals surface area contributed by atoms with E-state index in [9.17, 15) is 9.59 Å². The normalized spacial score (nSPS) is 15.0. The molecule has 0 aliphatic carbocycles. The highest BCUT2D eigenvalue weighted by Crippen LogP contribution is 2.45. The molecule has 3 heterocycles. The first-order chi connectivity index (χ1) is 16.1. The van der Waals surface area contributed by atoms with Gasteiger partial charge in [0, 0.05) is 18.0 Å². The average Bonchev–Trinajstić information content (AvgIpc) is 3.42. The predicted molar refractivity (Wildman–Crippen MR) is 128 cm³/mol. The molecule has 0 spiro atoms. The van der Waals surface area contributed by atoms with Gasteiger partial charge in [0.15, 0.2) is 11.5 Å². The van der Waals surface area contributed by atoms with Crippen molar-refractivity contribution in [2.24, 2.45) is 0 Å². The molecule has 0 atom stereocenters. The molecular weight excluding hydrogens is 436 g/mol. The Morgan fingerprint density at radius 3 is 2.42 bits per heavy atom. The Labute approximate surface area is 193 Å². The SMILES string of the molecule is C=C1SC(=O)N(c2ccc3cc(-c4cc5c(c(-c6ccncc6)c4)OCO5)ccc3c2)C1=O. The largest absolute Gasteiger partial charge is 0.454 e. The van der Waals surface area contributed by atoms with Crippen molar-refractivity contribution in [3.8, 4) is 33.8 Å². The Kier molecular flexibility index (Phi) is 4.45. The minimum Gasteiger partial charge on any atom is -0.454 e. The molecule has 6 rings (SSSR count). The summed E-state index contributed by atoms with van der Waals surface area (Å²) < 4.78 is 11.4. The van der Waals surface area contributed by atoms with Crippen LogP contribution in [0.5, 0.6) is 11.5 Å². The van der Waals surface area contributed by atoms with Gasteiger partial charge in [0.2, 0.25) is 6.79 Å². The Morgan fingerprint density at radius 2 is 1.64 bits per heavy atom. The lowest BCUT2D eigenvalue weighted by Crippen LogP contribution is -2.27. The molecule has 2 aliphatic rings. The zero-order valence-electron chi connectivity index (χ0n) is 17.3. The summed E-state index contributed by atoms with van der Waals surface area (Å²) >= 11 is 0.863. The van der Waals surface area contributed by atoms with Crippen LogP contribution >= 0.6 is 11.8 Å². The van der Waals surface area contributed by atoms with Gasteiger partial charge in [0.05, 0.1) is 10.6 Å². The van der Waals surface area contributed by atoms with Crippen LogP contribution < -0.4 is 14.4 Å². The quantitative estimate of drug-likeness (QED) is 0.355. The number of nitrogens with zero attached hydrogens (tertiary/aromatic N) is 2. The molecule has 4 aromatic rings. The zero-order valence-corrected chi connectivity index (χ0v) is 18.1. The number of carbonyl (C=O) groups is 2.